The monoisotopic (exact) mass is 221 g/mol. The van der Waals surface area contributed by atoms with Gasteiger partial charge in [0.2, 0.25) is 5.89 Å². The van der Waals surface area contributed by atoms with Gasteiger partial charge in [0.1, 0.15) is 0 Å². The second kappa shape index (κ2) is 5.08. The van der Waals surface area contributed by atoms with Gasteiger partial charge in [0, 0.05) is 26.1 Å². The summed E-state index contributed by atoms with van der Waals surface area (Å²) in [6.45, 7) is 3.47. The van der Waals surface area contributed by atoms with Crippen LogP contribution in [0.2, 0.25) is 0 Å². The zero-order valence-corrected chi connectivity index (χ0v) is 9.35. The molecule has 0 aromatic carbocycles. The van der Waals surface area contributed by atoms with E-state index in [1.165, 1.54) is 0 Å². The fraction of sp³-hybridized carbons (Fsp3) is 0.727. The molecule has 0 saturated carbocycles. The highest BCUT2D eigenvalue weighted by atomic mass is 16.5. The number of nitriles is 1. The molecule has 2 unspecified atom stereocenters. The first-order chi connectivity index (χ1) is 7.78. The van der Waals surface area contributed by atoms with Crippen LogP contribution in [-0.4, -0.2) is 23.4 Å². The molecular weight excluding hydrogens is 206 g/mol. The van der Waals surface area contributed by atoms with E-state index in [1.54, 1.807) is 0 Å². The lowest BCUT2D eigenvalue weighted by Crippen LogP contribution is -2.05. The van der Waals surface area contributed by atoms with Crippen molar-refractivity contribution in [2.24, 2.45) is 11.8 Å². The molecule has 5 nitrogen and oxygen atoms in total. The third-order valence-corrected chi connectivity index (χ3v) is 2.71. The average molecular weight is 221 g/mol. The number of ether oxygens (including phenoxy) is 1. The molecule has 1 aromatic heterocycles. The van der Waals surface area contributed by atoms with Crippen molar-refractivity contribution in [3.8, 4) is 6.07 Å². The SMILES string of the molecule is CC(C#N)Cc1nc(CC2CCOC2)no1. The van der Waals surface area contributed by atoms with Gasteiger partial charge in [-0.2, -0.15) is 10.2 Å². The van der Waals surface area contributed by atoms with Crippen molar-refractivity contribution >= 4 is 0 Å². The normalized spacial score (nSPS) is 21.9. The molecule has 2 heterocycles. The number of hydrogen-bond acceptors (Lipinski definition) is 5. The summed E-state index contributed by atoms with van der Waals surface area (Å²) in [7, 11) is 0. The maximum atomic E-state index is 8.68. The van der Waals surface area contributed by atoms with Crippen molar-refractivity contribution in [2.45, 2.75) is 26.2 Å². The Morgan fingerprint density at radius 1 is 1.62 bits per heavy atom. The van der Waals surface area contributed by atoms with Gasteiger partial charge in [-0.3, -0.25) is 0 Å². The maximum Gasteiger partial charge on any atom is 0.227 e. The Morgan fingerprint density at radius 2 is 2.50 bits per heavy atom. The van der Waals surface area contributed by atoms with Crippen molar-refractivity contribution in [2.75, 3.05) is 13.2 Å². The molecule has 2 atom stereocenters. The maximum absolute atomic E-state index is 8.68. The van der Waals surface area contributed by atoms with E-state index in [4.69, 9.17) is 14.5 Å². The minimum atomic E-state index is -0.0805. The zero-order chi connectivity index (χ0) is 11.4. The molecule has 1 saturated heterocycles. The predicted molar refractivity (Wildman–Crippen MR) is 55.4 cm³/mol. The highest BCUT2D eigenvalue weighted by Gasteiger charge is 2.19. The van der Waals surface area contributed by atoms with Gasteiger partial charge in [-0.25, -0.2) is 0 Å². The second-order valence-electron chi connectivity index (χ2n) is 4.27. The first-order valence-corrected chi connectivity index (χ1v) is 5.56. The largest absolute Gasteiger partial charge is 0.381 e. The van der Waals surface area contributed by atoms with Gasteiger partial charge in [-0.1, -0.05) is 5.16 Å². The van der Waals surface area contributed by atoms with E-state index >= 15 is 0 Å². The summed E-state index contributed by atoms with van der Waals surface area (Å²) in [6, 6.07) is 2.15. The van der Waals surface area contributed by atoms with Crippen LogP contribution < -0.4 is 0 Å². The zero-order valence-electron chi connectivity index (χ0n) is 9.35. The Kier molecular flexibility index (Phi) is 3.52. The van der Waals surface area contributed by atoms with Gasteiger partial charge >= 0.3 is 0 Å². The highest BCUT2D eigenvalue weighted by Crippen LogP contribution is 2.17. The third-order valence-electron chi connectivity index (χ3n) is 2.71. The molecule has 1 aliphatic heterocycles. The van der Waals surface area contributed by atoms with Crippen molar-refractivity contribution in [3.05, 3.63) is 11.7 Å². The summed E-state index contributed by atoms with van der Waals surface area (Å²) >= 11 is 0. The Balaban J connectivity index is 1.89. The van der Waals surface area contributed by atoms with E-state index < -0.39 is 0 Å². The van der Waals surface area contributed by atoms with Crippen LogP contribution in [0.15, 0.2) is 4.52 Å². The van der Waals surface area contributed by atoms with Crippen LogP contribution in [0.1, 0.15) is 25.1 Å². The van der Waals surface area contributed by atoms with Gasteiger partial charge in [-0.05, 0) is 19.3 Å². The molecule has 1 aromatic rings. The topological polar surface area (TPSA) is 71.9 Å². The van der Waals surface area contributed by atoms with Gasteiger partial charge in [0.15, 0.2) is 5.82 Å². The summed E-state index contributed by atoms with van der Waals surface area (Å²) in [6.07, 6.45) is 2.41. The van der Waals surface area contributed by atoms with Crippen LogP contribution in [0.5, 0.6) is 0 Å². The molecule has 0 amide bonds. The minimum Gasteiger partial charge on any atom is -0.381 e. The van der Waals surface area contributed by atoms with E-state index in [0.29, 0.717) is 18.2 Å². The lowest BCUT2D eigenvalue weighted by Gasteiger charge is -2.01. The number of hydrogen-bond donors (Lipinski definition) is 0. The molecule has 0 spiro atoms. The number of rotatable bonds is 4. The molecule has 0 N–H and O–H groups in total. The minimum absolute atomic E-state index is 0.0805. The fourth-order valence-electron chi connectivity index (χ4n) is 1.77. The number of nitrogens with zero attached hydrogens (tertiary/aromatic N) is 3. The Hall–Kier alpha value is -1.41. The molecule has 5 heteroatoms. The summed E-state index contributed by atoms with van der Waals surface area (Å²) in [5, 5.41) is 12.6. The van der Waals surface area contributed by atoms with Crippen LogP contribution in [0, 0.1) is 23.2 Å². The van der Waals surface area contributed by atoms with Crippen molar-refractivity contribution < 1.29 is 9.26 Å². The Bertz CT molecular complexity index is 377. The fourth-order valence-corrected chi connectivity index (χ4v) is 1.77. The third kappa shape index (κ3) is 2.80. The molecular formula is C11H15N3O2. The standard InChI is InChI=1S/C11H15N3O2/c1-8(6-12)4-11-13-10(14-16-11)5-9-2-3-15-7-9/h8-9H,2-5,7H2,1H3. The molecule has 2 rings (SSSR count). The van der Waals surface area contributed by atoms with Gasteiger partial charge < -0.3 is 9.26 Å². The quantitative estimate of drug-likeness (QED) is 0.767. The van der Waals surface area contributed by atoms with E-state index in [1.807, 2.05) is 6.92 Å². The molecule has 0 aliphatic carbocycles. The molecule has 1 aliphatic rings. The van der Waals surface area contributed by atoms with Crippen molar-refractivity contribution in [1.29, 1.82) is 5.26 Å². The molecule has 86 valence electrons. The summed E-state index contributed by atoms with van der Waals surface area (Å²) in [4.78, 5) is 4.28. The lowest BCUT2D eigenvalue weighted by atomic mass is 10.1. The van der Waals surface area contributed by atoms with E-state index in [9.17, 15) is 0 Å². The van der Waals surface area contributed by atoms with Gasteiger partial charge in [0.05, 0.1) is 12.0 Å². The van der Waals surface area contributed by atoms with Crippen molar-refractivity contribution in [1.82, 2.24) is 10.1 Å². The smallest absolute Gasteiger partial charge is 0.227 e. The second-order valence-corrected chi connectivity index (χ2v) is 4.27. The molecule has 16 heavy (non-hydrogen) atoms. The van der Waals surface area contributed by atoms with E-state index in [2.05, 4.69) is 16.2 Å². The molecule has 0 bridgehead atoms. The van der Waals surface area contributed by atoms with Gasteiger partial charge in [0.25, 0.3) is 0 Å². The Morgan fingerprint density at radius 3 is 3.19 bits per heavy atom. The van der Waals surface area contributed by atoms with Crippen LogP contribution in [0.25, 0.3) is 0 Å². The highest BCUT2D eigenvalue weighted by molar-refractivity contribution is 4.93. The van der Waals surface area contributed by atoms with Crippen molar-refractivity contribution in [3.63, 3.8) is 0 Å². The van der Waals surface area contributed by atoms with E-state index in [-0.39, 0.29) is 5.92 Å². The van der Waals surface area contributed by atoms with Crippen LogP contribution >= 0.6 is 0 Å². The summed E-state index contributed by atoms with van der Waals surface area (Å²) in [5.74, 6) is 1.72. The molecule has 0 radical (unpaired) electrons. The Labute approximate surface area is 94.4 Å². The van der Waals surface area contributed by atoms with Crippen LogP contribution in [0.3, 0.4) is 0 Å². The van der Waals surface area contributed by atoms with Gasteiger partial charge in [-0.15, -0.1) is 0 Å². The predicted octanol–water partition coefficient (Wildman–Crippen LogP) is 1.35. The van der Waals surface area contributed by atoms with Crippen LogP contribution in [0.4, 0.5) is 0 Å². The lowest BCUT2D eigenvalue weighted by molar-refractivity contribution is 0.185. The number of aromatic nitrogens is 2. The molecule has 1 fully saturated rings. The van der Waals surface area contributed by atoms with Crippen LogP contribution in [-0.2, 0) is 17.6 Å². The first kappa shape index (κ1) is 11.1. The summed E-state index contributed by atoms with van der Waals surface area (Å²) in [5.41, 5.74) is 0. The average Bonchev–Trinajstić information content (AvgIpc) is 2.91. The van der Waals surface area contributed by atoms with E-state index in [0.717, 1.165) is 31.9 Å². The first-order valence-electron chi connectivity index (χ1n) is 5.56. The summed E-state index contributed by atoms with van der Waals surface area (Å²) < 4.78 is 10.4.